The fourth-order valence-electron chi connectivity index (χ4n) is 1.18. The van der Waals surface area contributed by atoms with Crippen molar-refractivity contribution in [1.29, 1.82) is 0 Å². The summed E-state index contributed by atoms with van der Waals surface area (Å²) in [5.74, 6) is -0.799. The first-order valence-corrected chi connectivity index (χ1v) is 4.65. The number of pyridine rings is 1. The number of nitrogens with zero attached hydrogens (tertiary/aromatic N) is 2. The zero-order valence-corrected chi connectivity index (χ0v) is 8.71. The lowest BCUT2D eigenvalue weighted by Gasteiger charge is -2.07. The molecule has 0 bridgehead atoms. The van der Waals surface area contributed by atoms with Crippen LogP contribution in [0, 0.1) is 5.82 Å². The van der Waals surface area contributed by atoms with Crippen LogP contribution in [-0.2, 0) is 0 Å². The Bertz CT molecular complexity index is 500. The maximum Gasteiger partial charge on any atom is 0.388 e. The van der Waals surface area contributed by atoms with Crippen LogP contribution in [0.15, 0.2) is 22.8 Å². The summed E-state index contributed by atoms with van der Waals surface area (Å²) in [6.45, 7) is -2.98. The molecular weight excluding hydrogens is 277 g/mol. The van der Waals surface area contributed by atoms with Gasteiger partial charge < -0.3 is 4.74 Å². The number of halogens is 4. The third kappa shape index (κ3) is 1.79. The van der Waals surface area contributed by atoms with Gasteiger partial charge in [0.2, 0.25) is 5.88 Å². The zero-order chi connectivity index (χ0) is 11.0. The van der Waals surface area contributed by atoms with E-state index in [-0.39, 0.29) is 15.9 Å². The normalized spacial score (nSPS) is 11.3. The molecule has 0 spiro atoms. The minimum Gasteiger partial charge on any atom is -0.417 e. The van der Waals surface area contributed by atoms with Crippen LogP contribution < -0.4 is 4.74 Å². The molecule has 2 aromatic heterocycles. The molecule has 0 amide bonds. The van der Waals surface area contributed by atoms with Crippen LogP contribution in [-0.4, -0.2) is 16.2 Å². The summed E-state index contributed by atoms with van der Waals surface area (Å²) in [7, 11) is 0. The van der Waals surface area contributed by atoms with Crippen LogP contribution in [0.5, 0.6) is 5.88 Å². The van der Waals surface area contributed by atoms with Crippen LogP contribution in [0.3, 0.4) is 0 Å². The first kappa shape index (κ1) is 10.3. The van der Waals surface area contributed by atoms with Gasteiger partial charge in [0, 0.05) is 6.07 Å². The van der Waals surface area contributed by atoms with E-state index < -0.39 is 12.4 Å². The molecule has 0 saturated carbocycles. The van der Waals surface area contributed by atoms with Gasteiger partial charge >= 0.3 is 6.61 Å². The Balaban J connectivity index is 2.63. The summed E-state index contributed by atoms with van der Waals surface area (Å²) in [5, 5.41) is 3.67. The van der Waals surface area contributed by atoms with Crippen LogP contribution in [0.2, 0.25) is 0 Å². The van der Waals surface area contributed by atoms with Crippen molar-refractivity contribution in [2.75, 3.05) is 0 Å². The number of fused-ring (bicyclic) bond motifs is 1. The molecule has 0 aliphatic carbocycles. The van der Waals surface area contributed by atoms with Gasteiger partial charge in [-0.3, -0.25) is 0 Å². The molecule has 0 radical (unpaired) electrons. The molecule has 0 aliphatic rings. The minimum atomic E-state index is -2.98. The second-order valence-corrected chi connectivity index (χ2v) is 3.51. The Morgan fingerprint density at radius 1 is 1.47 bits per heavy atom. The number of ether oxygens (including phenoxy) is 1. The molecule has 0 unspecified atom stereocenters. The van der Waals surface area contributed by atoms with E-state index in [1.54, 1.807) is 0 Å². The smallest absolute Gasteiger partial charge is 0.388 e. The van der Waals surface area contributed by atoms with E-state index in [9.17, 15) is 13.2 Å². The van der Waals surface area contributed by atoms with Gasteiger partial charge in [0.05, 0.1) is 10.7 Å². The Hall–Kier alpha value is -1.24. The van der Waals surface area contributed by atoms with E-state index in [0.717, 1.165) is 10.6 Å². The number of alkyl halides is 2. The van der Waals surface area contributed by atoms with Crippen molar-refractivity contribution >= 4 is 21.4 Å². The van der Waals surface area contributed by atoms with Crippen molar-refractivity contribution in [1.82, 2.24) is 9.61 Å². The standard InChI is InChI=1S/C8H4BrF3N2O/c9-4-3-6(15-8(11)12)14-5(7(4)10)1-2-13-14/h1-3,8H. The van der Waals surface area contributed by atoms with Gasteiger partial charge in [-0.2, -0.15) is 18.4 Å². The molecule has 0 atom stereocenters. The molecule has 0 aromatic carbocycles. The number of hydrogen-bond donors (Lipinski definition) is 0. The van der Waals surface area contributed by atoms with Crippen LogP contribution in [0.25, 0.3) is 5.52 Å². The Labute approximate surface area is 90.6 Å². The Kier molecular flexibility index (Phi) is 2.56. The second kappa shape index (κ2) is 3.73. The molecule has 0 N–H and O–H groups in total. The minimum absolute atomic E-state index is 0.0474. The van der Waals surface area contributed by atoms with E-state index in [2.05, 4.69) is 25.8 Å². The summed E-state index contributed by atoms with van der Waals surface area (Å²) in [6.07, 6.45) is 1.29. The quantitative estimate of drug-likeness (QED) is 0.846. The molecule has 80 valence electrons. The molecule has 2 heterocycles. The van der Waals surface area contributed by atoms with Gasteiger partial charge in [-0.1, -0.05) is 0 Å². The molecule has 3 nitrogen and oxygen atoms in total. The van der Waals surface area contributed by atoms with Gasteiger partial charge in [0.15, 0.2) is 5.82 Å². The van der Waals surface area contributed by atoms with Crippen molar-refractivity contribution in [2.24, 2.45) is 0 Å². The van der Waals surface area contributed by atoms with Crippen molar-refractivity contribution < 1.29 is 17.9 Å². The Morgan fingerprint density at radius 2 is 2.20 bits per heavy atom. The molecule has 0 aliphatic heterocycles. The molecule has 0 saturated heterocycles. The number of hydrogen-bond acceptors (Lipinski definition) is 2. The van der Waals surface area contributed by atoms with E-state index in [0.29, 0.717) is 0 Å². The molecule has 2 rings (SSSR count). The van der Waals surface area contributed by atoms with Gasteiger partial charge in [-0.25, -0.2) is 4.39 Å². The lowest BCUT2D eigenvalue weighted by atomic mass is 10.4. The lowest BCUT2D eigenvalue weighted by molar-refractivity contribution is -0.0543. The fraction of sp³-hybridized carbons (Fsp3) is 0.125. The summed E-state index contributed by atoms with van der Waals surface area (Å²) in [5.41, 5.74) is 0.0695. The molecular formula is C8H4BrF3N2O. The summed E-state index contributed by atoms with van der Waals surface area (Å²) in [4.78, 5) is 0. The van der Waals surface area contributed by atoms with Crippen molar-refractivity contribution in [3.05, 3.63) is 28.6 Å². The monoisotopic (exact) mass is 280 g/mol. The largest absolute Gasteiger partial charge is 0.417 e. The summed E-state index contributed by atoms with van der Waals surface area (Å²) >= 11 is 2.90. The highest BCUT2D eigenvalue weighted by molar-refractivity contribution is 9.10. The molecule has 15 heavy (non-hydrogen) atoms. The highest BCUT2D eigenvalue weighted by Gasteiger charge is 2.14. The zero-order valence-electron chi connectivity index (χ0n) is 7.12. The predicted molar refractivity (Wildman–Crippen MR) is 49.5 cm³/mol. The number of aromatic nitrogens is 2. The average molecular weight is 281 g/mol. The first-order valence-electron chi connectivity index (χ1n) is 3.86. The maximum absolute atomic E-state index is 13.4. The summed E-state index contributed by atoms with van der Waals surface area (Å²) in [6, 6.07) is 2.46. The first-order chi connectivity index (χ1) is 7.09. The highest BCUT2D eigenvalue weighted by Crippen LogP contribution is 2.26. The number of rotatable bonds is 2. The van der Waals surface area contributed by atoms with Gasteiger partial charge in [0.25, 0.3) is 0 Å². The topological polar surface area (TPSA) is 26.5 Å². The van der Waals surface area contributed by atoms with E-state index in [1.165, 1.54) is 12.3 Å². The second-order valence-electron chi connectivity index (χ2n) is 2.65. The van der Waals surface area contributed by atoms with Crippen LogP contribution >= 0.6 is 15.9 Å². The fourth-order valence-corrected chi connectivity index (χ4v) is 1.57. The van der Waals surface area contributed by atoms with E-state index in [1.807, 2.05) is 0 Å². The third-order valence-electron chi connectivity index (χ3n) is 1.75. The van der Waals surface area contributed by atoms with Crippen molar-refractivity contribution in [3.8, 4) is 5.88 Å². The molecule has 2 aromatic rings. The third-order valence-corrected chi connectivity index (χ3v) is 2.32. The lowest BCUT2D eigenvalue weighted by Crippen LogP contribution is -2.07. The maximum atomic E-state index is 13.4. The predicted octanol–water partition coefficient (Wildman–Crippen LogP) is 2.84. The van der Waals surface area contributed by atoms with Gasteiger partial charge in [-0.15, -0.1) is 0 Å². The molecule has 7 heteroatoms. The van der Waals surface area contributed by atoms with E-state index in [4.69, 9.17) is 0 Å². The molecule has 0 fully saturated rings. The van der Waals surface area contributed by atoms with Crippen molar-refractivity contribution in [3.63, 3.8) is 0 Å². The van der Waals surface area contributed by atoms with E-state index >= 15 is 0 Å². The van der Waals surface area contributed by atoms with Gasteiger partial charge in [0.1, 0.15) is 5.52 Å². The van der Waals surface area contributed by atoms with Gasteiger partial charge in [-0.05, 0) is 22.0 Å². The highest BCUT2D eigenvalue weighted by atomic mass is 79.9. The Morgan fingerprint density at radius 3 is 2.87 bits per heavy atom. The van der Waals surface area contributed by atoms with Crippen LogP contribution in [0.1, 0.15) is 0 Å². The van der Waals surface area contributed by atoms with Crippen LogP contribution in [0.4, 0.5) is 13.2 Å². The summed E-state index contributed by atoms with van der Waals surface area (Å²) < 4.78 is 42.6. The SMILES string of the molecule is Fc1c(Br)cc(OC(F)F)n2nccc12. The average Bonchev–Trinajstić information content (AvgIpc) is 2.61. The van der Waals surface area contributed by atoms with Crippen molar-refractivity contribution in [2.45, 2.75) is 6.61 Å².